The molecule has 0 aromatic carbocycles. The SMILES string of the molecule is Cc1cc(N)c(C(=O)N(Cc2ccsc2)C2CC2)cn1. The highest BCUT2D eigenvalue weighted by Crippen LogP contribution is 2.31. The van der Waals surface area contributed by atoms with Gasteiger partial charge in [-0.25, -0.2) is 0 Å². The van der Waals surface area contributed by atoms with Crippen molar-refractivity contribution >= 4 is 22.9 Å². The molecular formula is C15H17N3OS. The summed E-state index contributed by atoms with van der Waals surface area (Å²) in [6.45, 7) is 2.52. The zero-order chi connectivity index (χ0) is 14.1. The molecule has 2 heterocycles. The number of carbonyl (C=O) groups excluding carboxylic acids is 1. The number of nitrogen functional groups attached to an aromatic ring is 1. The first kappa shape index (κ1) is 13.1. The Balaban J connectivity index is 1.85. The quantitative estimate of drug-likeness (QED) is 0.940. The number of aromatic nitrogens is 1. The lowest BCUT2D eigenvalue weighted by Crippen LogP contribution is -2.33. The number of rotatable bonds is 4. The molecule has 2 aromatic heterocycles. The molecule has 1 fully saturated rings. The van der Waals surface area contributed by atoms with Gasteiger partial charge in [0.15, 0.2) is 0 Å². The number of anilines is 1. The molecule has 1 aliphatic rings. The molecule has 1 aliphatic carbocycles. The summed E-state index contributed by atoms with van der Waals surface area (Å²) in [6, 6.07) is 4.16. The molecule has 1 saturated carbocycles. The normalized spacial score (nSPS) is 14.2. The van der Waals surface area contributed by atoms with Gasteiger partial charge in [0.2, 0.25) is 0 Å². The molecule has 0 unspecified atom stereocenters. The van der Waals surface area contributed by atoms with Crippen molar-refractivity contribution in [2.24, 2.45) is 0 Å². The van der Waals surface area contributed by atoms with Crippen LogP contribution in [0.2, 0.25) is 0 Å². The molecule has 1 amide bonds. The van der Waals surface area contributed by atoms with Crippen LogP contribution in [0, 0.1) is 6.92 Å². The minimum Gasteiger partial charge on any atom is -0.398 e. The molecule has 0 saturated heterocycles. The second-order valence-corrected chi connectivity index (χ2v) is 5.99. The van der Waals surface area contributed by atoms with Gasteiger partial charge in [-0.2, -0.15) is 11.3 Å². The lowest BCUT2D eigenvalue weighted by Gasteiger charge is -2.22. The zero-order valence-corrected chi connectivity index (χ0v) is 12.2. The lowest BCUT2D eigenvalue weighted by molar-refractivity contribution is 0.0731. The fourth-order valence-corrected chi connectivity index (χ4v) is 2.91. The van der Waals surface area contributed by atoms with Crippen LogP contribution >= 0.6 is 11.3 Å². The monoisotopic (exact) mass is 287 g/mol. The van der Waals surface area contributed by atoms with Crippen molar-refractivity contribution in [1.82, 2.24) is 9.88 Å². The Morgan fingerprint density at radius 3 is 2.95 bits per heavy atom. The number of hydrogen-bond donors (Lipinski definition) is 1. The highest BCUT2D eigenvalue weighted by atomic mass is 32.1. The van der Waals surface area contributed by atoms with Crippen molar-refractivity contribution in [3.63, 3.8) is 0 Å². The van der Waals surface area contributed by atoms with Gasteiger partial charge in [0.25, 0.3) is 5.91 Å². The van der Waals surface area contributed by atoms with Crippen LogP contribution in [0.4, 0.5) is 5.69 Å². The van der Waals surface area contributed by atoms with E-state index < -0.39 is 0 Å². The van der Waals surface area contributed by atoms with Gasteiger partial charge in [0.1, 0.15) is 0 Å². The van der Waals surface area contributed by atoms with Crippen LogP contribution in [-0.4, -0.2) is 21.8 Å². The third kappa shape index (κ3) is 2.67. The number of carbonyl (C=O) groups is 1. The van der Waals surface area contributed by atoms with Crippen LogP contribution in [0.15, 0.2) is 29.1 Å². The molecule has 0 atom stereocenters. The number of nitrogens with zero attached hydrogens (tertiary/aromatic N) is 2. The number of thiophene rings is 1. The van der Waals surface area contributed by atoms with Gasteiger partial charge in [0.05, 0.1) is 5.56 Å². The third-order valence-corrected chi connectivity index (χ3v) is 4.22. The van der Waals surface area contributed by atoms with Gasteiger partial charge >= 0.3 is 0 Å². The van der Waals surface area contributed by atoms with E-state index in [0.717, 1.165) is 18.5 Å². The summed E-state index contributed by atoms with van der Waals surface area (Å²) in [5.41, 5.74) is 9.00. The Morgan fingerprint density at radius 2 is 2.35 bits per heavy atom. The maximum atomic E-state index is 12.7. The van der Waals surface area contributed by atoms with Gasteiger partial charge in [-0.05, 0) is 48.2 Å². The predicted molar refractivity (Wildman–Crippen MR) is 80.6 cm³/mol. The molecule has 0 spiro atoms. The van der Waals surface area contributed by atoms with Crippen molar-refractivity contribution < 1.29 is 4.79 Å². The summed E-state index contributed by atoms with van der Waals surface area (Å²) in [7, 11) is 0. The van der Waals surface area contributed by atoms with E-state index in [9.17, 15) is 4.79 Å². The molecule has 0 bridgehead atoms. The van der Waals surface area contributed by atoms with E-state index in [1.165, 1.54) is 5.56 Å². The van der Waals surface area contributed by atoms with E-state index >= 15 is 0 Å². The number of hydrogen-bond acceptors (Lipinski definition) is 4. The van der Waals surface area contributed by atoms with E-state index in [1.54, 1.807) is 23.6 Å². The van der Waals surface area contributed by atoms with Crippen LogP contribution in [0.5, 0.6) is 0 Å². The van der Waals surface area contributed by atoms with E-state index in [4.69, 9.17) is 5.73 Å². The average molecular weight is 287 g/mol. The van der Waals surface area contributed by atoms with Crippen molar-refractivity contribution in [2.75, 3.05) is 5.73 Å². The second-order valence-electron chi connectivity index (χ2n) is 5.21. The van der Waals surface area contributed by atoms with Gasteiger partial charge in [-0.15, -0.1) is 0 Å². The molecule has 0 aliphatic heterocycles. The first-order valence-corrected chi connectivity index (χ1v) is 7.63. The highest BCUT2D eigenvalue weighted by Gasteiger charge is 2.33. The van der Waals surface area contributed by atoms with Crippen LogP contribution in [0.3, 0.4) is 0 Å². The number of pyridine rings is 1. The smallest absolute Gasteiger partial charge is 0.258 e. The Labute approximate surface area is 122 Å². The van der Waals surface area contributed by atoms with Crippen LogP contribution in [0.25, 0.3) is 0 Å². The van der Waals surface area contributed by atoms with Gasteiger partial charge < -0.3 is 10.6 Å². The summed E-state index contributed by atoms with van der Waals surface area (Å²) < 4.78 is 0. The van der Waals surface area contributed by atoms with Gasteiger partial charge in [-0.1, -0.05) is 0 Å². The molecule has 104 valence electrons. The van der Waals surface area contributed by atoms with E-state index in [-0.39, 0.29) is 5.91 Å². The van der Waals surface area contributed by atoms with Crippen molar-refractivity contribution in [3.8, 4) is 0 Å². The van der Waals surface area contributed by atoms with E-state index in [1.807, 2.05) is 17.2 Å². The second kappa shape index (κ2) is 5.25. The Morgan fingerprint density at radius 1 is 1.55 bits per heavy atom. The summed E-state index contributed by atoms with van der Waals surface area (Å²) in [4.78, 5) is 18.8. The zero-order valence-electron chi connectivity index (χ0n) is 11.4. The number of nitrogens with two attached hydrogens (primary N) is 1. The minimum atomic E-state index is -0.0105. The summed E-state index contributed by atoms with van der Waals surface area (Å²) in [5.74, 6) is -0.0105. The molecule has 0 radical (unpaired) electrons. The molecule has 2 N–H and O–H groups in total. The fourth-order valence-electron chi connectivity index (χ4n) is 2.25. The minimum absolute atomic E-state index is 0.0105. The van der Waals surface area contributed by atoms with Gasteiger partial charge in [-0.3, -0.25) is 9.78 Å². The summed E-state index contributed by atoms with van der Waals surface area (Å²) in [5, 5.41) is 4.12. The Kier molecular flexibility index (Phi) is 3.44. The maximum Gasteiger partial charge on any atom is 0.258 e. The molecular weight excluding hydrogens is 270 g/mol. The molecule has 20 heavy (non-hydrogen) atoms. The third-order valence-electron chi connectivity index (χ3n) is 3.48. The van der Waals surface area contributed by atoms with Crippen molar-refractivity contribution in [1.29, 1.82) is 0 Å². The predicted octanol–water partition coefficient (Wildman–Crippen LogP) is 2.84. The molecule has 3 rings (SSSR count). The fraction of sp³-hybridized carbons (Fsp3) is 0.333. The highest BCUT2D eigenvalue weighted by molar-refractivity contribution is 7.07. The first-order valence-electron chi connectivity index (χ1n) is 6.69. The summed E-state index contributed by atoms with van der Waals surface area (Å²) in [6.07, 6.45) is 3.75. The standard InChI is InChI=1S/C15H17N3OS/c1-10-6-14(16)13(7-17-10)15(19)18(12-2-3-12)8-11-4-5-20-9-11/h4-7,9,12H,2-3,8H2,1H3,(H2,16,17). The Hall–Kier alpha value is -1.88. The number of aryl methyl sites for hydroxylation is 1. The van der Waals surface area contributed by atoms with E-state index in [2.05, 4.69) is 16.4 Å². The lowest BCUT2D eigenvalue weighted by atomic mass is 10.1. The maximum absolute atomic E-state index is 12.7. The van der Waals surface area contributed by atoms with Crippen LogP contribution in [-0.2, 0) is 6.54 Å². The molecule has 4 nitrogen and oxygen atoms in total. The van der Waals surface area contributed by atoms with Crippen LogP contribution < -0.4 is 5.73 Å². The molecule has 5 heteroatoms. The van der Waals surface area contributed by atoms with Crippen molar-refractivity contribution in [3.05, 3.63) is 45.9 Å². The number of amides is 1. The first-order chi connectivity index (χ1) is 9.65. The van der Waals surface area contributed by atoms with Gasteiger partial charge in [0, 0.05) is 30.2 Å². The average Bonchev–Trinajstić information content (AvgIpc) is 3.12. The summed E-state index contributed by atoms with van der Waals surface area (Å²) >= 11 is 1.65. The largest absolute Gasteiger partial charge is 0.398 e. The van der Waals surface area contributed by atoms with Crippen molar-refractivity contribution in [2.45, 2.75) is 32.4 Å². The Bertz CT molecular complexity index is 620. The topological polar surface area (TPSA) is 59.2 Å². The van der Waals surface area contributed by atoms with E-state index in [0.29, 0.717) is 23.8 Å². The molecule has 2 aromatic rings. The van der Waals surface area contributed by atoms with Crippen LogP contribution in [0.1, 0.15) is 34.5 Å².